The average Bonchev–Trinajstić information content (AvgIpc) is 2.35. The van der Waals surface area contributed by atoms with Gasteiger partial charge in [0.1, 0.15) is 0 Å². The Bertz CT molecular complexity index is 320. The second-order valence-electron chi connectivity index (χ2n) is 9.02. The van der Waals surface area contributed by atoms with Crippen molar-refractivity contribution in [1.82, 2.24) is 0 Å². The molecule has 1 N–H and O–H groups in total. The van der Waals surface area contributed by atoms with E-state index in [1.807, 2.05) is 0 Å². The zero-order chi connectivity index (χ0) is 15.4. The fourth-order valence-electron chi connectivity index (χ4n) is 4.51. The minimum Gasteiger partial charge on any atom is -0.313 e. The van der Waals surface area contributed by atoms with Gasteiger partial charge in [0, 0.05) is 11.6 Å². The van der Waals surface area contributed by atoms with E-state index >= 15 is 0 Å². The average molecular weight is 280 g/mol. The fraction of sp³-hybridized carbons (Fsp3) is 0.947. The Morgan fingerprint density at radius 3 is 2.25 bits per heavy atom. The van der Waals surface area contributed by atoms with Gasteiger partial charge in [0.2, 0.25) is 0 Å². The molecule has 3 unspecified atom stereocenters. The van der Waals surface area contributed by atoms with Crippen molar-refractivity contribution in [3.8, 4) is 0 Å². The molecule has 1 aliphatic rings. The molecular formula is C19H37N. The summed E-state index contributed by atoms with van der Waals surface area (Å²) < 4.78 is 0. The molecule has 0 aromatic carbocycles. The van der Waals surface area contributed by atoms with E-state index < -0.39 is 0 Å². The fourth-order valence-corrected chi connectivity index (χ4v) is 4.51. The van der Waals surface area contributed by atoms with Gasteiger partial charge in [0.05, 0.1) is 0 Å². The van der Waals surface area contributed by atoms with Gasteiger partial charge in [-0.3, -0.25) is 0 Å². The molecule has 0 radical (unpaired) electrons. The molecule has 0 aromatic rings. The molecular weight excluding hydrogens is 242 g/mol. The first-order valence-corrected chi connectivity index (χ1v) is 8.65. The van der Waals surface area contributed by atoms with Crippen molar-refractivity contribution in [3.63, 3.8) is 0 Å². The highest BCUT2D eigenvalue weighted by atomic mass is 14.5. The second kappa shape index (κ2) is 6.62. The molecule has 0 amide bonds. The molecule has 118 valence electrons. The predicted molar refractivity (Wildman–Crippen MR) is 90.6 cm³/mol. The molecule has 1 fully saturated rings. The van der Waals surface area contributed by atoms with E-state index in [9.17, 15) is 0 Å². The van der Waals surface area contributed by atoms with Crippen LogP contribution in [0.1, 0.15) is 92.9 Å². The van der Waals surface area contributed by atoms with Crippen molar-refractivity contribution in [3.05, 3.63) is 0 Å². The first-order chi connectivity index (χ1) is 9.14. The molecule has 1 rings (SSSR count). The molecule has 20 heavy (non-hydrogen) atoms. The quantitative estimate of drug-likeness (QED) is 0.560. The van der Waals surface area contributed by atoms with E-state index in [0.717, 1.165) is 12.3 Å². The largest absolute Gasteiger partial charge is 0.313 e. The minimum absolute atomic E-state index is 0.0994. The van der Waals surface area contributed by atoms with E-state index in [2.05, 4.69) is 41.5 Å². The van der Waals surface area contributed by atoms with Gasteiger partial charge in [0.15, 0.2) is 0 Å². The number of rotatable bonds is 2. The van der Waals surface area contributed by atoms with Gasteiger partial charge in [-0.25, -0.2) is 0 Å². The summed E-state index contributed by atoms with van der Waals surface area (Å²) in [6.45, 7) is 14.4. The van der Waals surface area contributed by atoms with Crippen LogP contribution in [0.4, 0.5) is 0 Å². The Balaban J connectivity index is 2.96. The minimum atomic E-state index is 0.0994. The monoisotopic (exact) mass is 279 g/mol. The summed E-state index contributed by atoms with van der Waals surface area (Å²) in [7, 11) is 0. The molecule has 1 aliphatic carbocycles. The first-order valence-electron chi connectivity index (χ1n) is 8.65. The van der Waals surface area contributed by atoms with Crippen LogP contribution < -0.4 is 0 Å². The highest BCUT2D eigenvalue weighted by Crippen LogP contribution is 2.47. The van der Waals surface area contributed by atoms with Crippen molar-refractivity contribution in [2.45, 2.75) is 92.9 Å². The molecule has 0 heterocycles. The van der Waals surface area contributed by atoms with Gasteiger partial charge in [-0.2, -0.15) is 0 Å². The third-order valence-electron chi connectivity index (χ3n) is 5.68. The SMILES string of the molecule is CCC1(C)CCC(C)CCCC(C)(C=N)CC(C)(C)C1. The second-order valence-corrected chi connectivity index (χ2v) is 9.02. The lowest BCUT2D eigenvalue weighted by Crippen LogP contribution is -2.31. The van der Waals surface area contributed by atoms with E-state index in [4.69, 9.17) is 5.41 Å². The molecule has 0 aromatic heterocycles. The van der Waals surface area contributed by atoms with E-state index in [1.165, 1.54) is 44.9 Å². The topological polar surface area (TPSA) is 23.9 Å². The van der Waals surface area contributed by atoms with Crippen molar-refractivity contribution in [2.75, 3.05) is 0 Å². The molecule has 0 saturated heterocycles. The number of hydrogen-bond acceptors (Lipinski definition) is 1. The highest BCUT2D eigenvalue weighted by Gasteiger charge is 2.37. The Labute approximate surface area is 127 Å². The van der Waals surface area contributed by atoms with Crippen molar-refractivity contribution in [2.24, 2.45) is 22.2 Å². The van der Waals surface area contributed by atoms with Crippen LogP contribution in [0.5, 0.6) is 0 Å². The van der Waals surface area contributed by atoms with Gasteiger partial charge >= 0.3 is 0 Å². The summed E-state index contributed by atoms with van der Waals surface area (Å²) in [4.78, 5) is 0. The van der Waals surface area contributed by atoms with Gasteiger partial charge in [0.25, 0.3) is 0 Å². The smallest absolute Gasteiger partial charge is 0.00264 e. The Kier molecular flexibility index (Phi) is 5.87. The first kappa shape index (κ1) is 17.7. The van der Waals surface area contributed by atoms with Crippen LogP contribution in [-0.4, -0.2) is 6.21 Å². The third kappa shape index (κ3) is 5.22. The van der Waals surface area contributed by atoms with E-state index in [-0.39, 0.29) is 5.41 Å². The van der Waals surface area contributed by atoms with Crippen LogP contribution in [0.3, 0.4) is 0 Å². The molecule has 3 atom stereocenters. The zero-order valence-electron chi connectivity index (χ0n) is 14.8. The van der Waals surface area contributed by atoms with Crippen molar-refractivity contribution >= 4 is 6.21 Å². The summed E-state index contributed by atoms with van der Waals surface area (Å²) in [5.74, 6) is 0.845. The Morgan fingerprint density at radius 2 is 1.70 bits per heavy atom. The van der Waals surface area contributed by atoms with Crippen LogP contribution >= 0.6 is 0 Å². The van der Waals surface area contributed by atoms with Crippen LogP contribution in [0.15, 0.2) is 0 Å². The summed E-state index contributed by atoms with van der Waals surface area (Å²) >= 11 is 0. The third-order valence-corrected chi connectivity index (χ3v) is 5.68. The van der Waals surface area contributed by atoms with Crippen LogP contribution in [-0.2, 0) is 0 Å². The molecule has 1 nitrogen and oxygen atoms in total. The van der Waals surface area contributed by atoms with E-state index in [1.54, 1.807) is 6.21 Å². The lowest BCUT2D eigenvalue weighted by Gasteiger charge is -2.41. The lowest BCUT2D eigenvalue weighted by atomic mass is 9.64. The molecule has 1 heteroatoms. The van der Waals surface area contributed by atoms with Crippen LogP contribution in [0, 0.1) is 27.6 Å². The van der Waals surface area contributed by atoms with Crippen molar-refractivity contribution in [1.29, 1.82) is 5.41 Å². The number of nitrogens with one attached hydrogen (secondary N) is 1. The summed E-state index contributed by atoms with van der Waals surface area (Å²) in [6, 6.07) is 0. The predicted octanol–water partition coefficient (Wildman–Crippen LogP) is 6.47. The van der Waals surface area contributed by atoms with Crippen LogP contribution in [0.2, 0.25) is 0 Å². The highest BCUT2D eigenvalue weighted by molar-refractivity contribution is 5.61. The van der Waals surface area contributed by atoms with Gasteiger partial charge in [-0.05, 0) is 42.4 Å². The number of hydrogen-bond donors (Lipinski definition) is 1. The van der Waals surface area contributed by atoms with Gasteiger partial charge in [-0.1, -0.05) is 67.2 Å². The van der Waals surface area contributed by atoms with Gasteiger partial charge < -0.3 is 5.41 Å². The maximum atomic E-state index is 7.89. The zero-order valence-corrected chi connectivity index (χ0v) is 14.8. The van der Waals surface area contributed by atoms with Crippen LogP contribution in [0.25, 0.3) is 0 Å². The lowest BCUT2D eigenvalue weighted by molar-refractivity contribution is 0.118. The molecule has 0 bridgehead atoms. The summed E-state index contributed by atoms with van der Waals surface area (Å²) in [6.07, 6.45) is 12.0. The summed E-state index contributed by atoms with van der Waals surface area (Å²) in [5.41, 5.74) is 0.915. The van der Waals surface area contributed by atoms with Gasteiger partial charge in [-0.15, -0.1) is 0 Å². The normalized spacial score (nSPS) is 39.8. The van der Waals surface area contributed by atoms with E-state index in [0.29, 0.717) is 10.8 Å². The standard InChI is InChI=1S/C19H37N/c1-7-18(5)12-10-16(2)9-8-11-19(6,15-20)14-17(3,4)13-18/h15-16,20H,7-14H2,1-6H3. The Hall–Kier alpha value is -0.330. The molecule has 0 spiro atoms. The molecule has 0 aliphatic heterocycles. The maximum absolute atomic E-state index is 7.89. The maximum Gasteiger partial charge on any atom is 0.00264 e. The van der Waals surface area contributed by atoms with Crippen molar-refractivity contribution < 1.29 is 0 Å². The Morgan fingerprint density at radius 1 is 1.05 bits per heavy atom. The molecule has 1 saturated carbocycles. The summed E-state index contributed by atoms with van der Waals surface area (Å²) in [5, 5.41) is 7.89.